The van der Waals surface area contributed by atoms with Crippen LogP contribution in [0.25, 0.3) is 0 Å². The Morgan fingerprint density at radius 3 is 2.52 bits per heavy atom. The molecule has 2 aromatic carbocycles. The fourth-order valence-electron chi connectivity index (χ4n) is 2.37. The van der Waals surface area contributed by atoms with Gasteiger partial charge in [-0.25, -0.2) is 21.9 Å². The van der Waals surface area contributed by atoms with E-state index in [1.165, 1.54) is 36.2 Å². The second kappa shape index (κ2) is 8.73. The van der Waals surface area contributed by atoms with Crippen molar-refractivity contribution in [2.24, 2.45) is 0 Å². The van der Waals surface area contributed by atoms with Crippen LogP contribution in [-0.2, 0) is 16.6 Å². The molecule has 1 amide bonds. The maximum atomic E-state index is 14.2. The summed E-state index contributed by atoms with van der Waals surface area (Å²) in [5, 5.41) is 0. The Hall–Kier alpha value is -2.10. The highest BCUT2D eigenvalue weighted by Crippen LogP contribution is 2.21. The van der Waals surface area contributed by atoms with Crippen LogP contribution in [0.3, 0.4) is 0 Å². The van der Waals surface area contributed by atoms with Crippen LogP contribution in [0.1, 0.15) is 15.9 Å². The largest absolute Gasteiger partial charge is 0.330 e. The molecule has 9 heteroatoms. The minimum absolute atomic E-state index is 0.0211. The number of halogens is 3. The van der Waals surface area contributed by atoms with Crippen molar-refractivity contribution < 1.29 is 22.0 Å². The Bertz CT molecular complexity index is 981. The Labute approximate surface area is 164 Å². The molecule has 1 N–H and O–H groups in total. The lowest BCUT2D eigenvalue weighted by Crippen LogP contribution is -2.32. The number of sulfonamides is 1. The van der Waals surface area contributed by atoms with E-state index >= 15 is 0 Å². The molecule has 0 unspecified atom stereocenters. The van der Waals surface area contributed by atoms with Gasteiger partial charge < -0.3 is 4.90 Å². The van der Waals surface area contributed by atoms with E-state index < -0.39 is 33.1 Å². The summed E-state index contributed by atoms with van der Waals surface area (Å²) in [7, 11) is -2.65. The molecule has 0 saturated carbocycles. The molecular formula is C18H17BrF2N2O3S. The summed E-state index contributed by atoms with van der Waals surface area (Å²) in [6.45, 7) is 3.43. The van der Waals surface area contributed by atoms with Gasteiger partial charge >= 0.3 is 0 Å². The molecule has 0 heterocycles. The van der Waals surface area contributed by atoms with Crippen LogP contribution >= 0.6 is 15.9 Å². The highest BCUT2D eigenvalue weighted by atomic mass is 79.9. The van der Waals surface area contributed by atoms with Crippen molar-refractivity contribution in [2.75, 3.05) is 13.6 Å². The van der Waals surface area contributed by atoms with Gasteiger partial charge in [-0.1, -0.05) is 22.0 Å². The molecule has 0 atom stereocenters. The van der Waals surface area contributed by atoms with Crippen LogP contribution in [-0.4, -0.2) is 32.8 Å². The molecular weight excluding hydrogens is 442 g/mol. The van der Waals surface area contributed by atoms with E-state index in [1.807, 2.05) is 0 Å². The van der Waals surface area contributed by atoms with Crippen molar-refractivity contribution in [3.8, 4) is 0 Å². The maximum absolute atomic E-state index is 14.2. The van der Waals surface area contributed by atoms with Crippen molar-refractivity contribution in [3.05, 3.63) is 76.3 Å². The number of nitrogens with zero attached hydrogens (tertiary/aromatic N) is 1. The molecule has 2 aromatic rings. The average Bonchev–Trinajstić information content (AvgIpc) is 2.64. The van der Waals surface area contributed by atoms with Crippen molar-refractivity contribution in [2.45, 2.75) is 11.4 Å². The van der Waals surface area contributed by atoms with Gasteiger partial charge in [0.15, 0.2) is 0 Å². The van der Waals surface area contributed by atoms with Crippen molar-refractivity contribution in [1.29, 1.82) is 0 Å². The van der Waals surface area contributed by atoms with Gasteiger partial charge in [-0.15, -0.1) is 6.58 Å². The molecule has 27 heavy (non-hydrogen) atoms. The Morgan fingerprint density at radius 1 is 1.22 bits per heavy atom. The zero-order valence-corrected chi connectivity index (χ0v) is 16.8. The lowest BCUT2D eigenvalue weighted by atomic mass is 10.1. The summed E-state index contributed by atoms with van der Waals surface area (Å²) in [5.74, 6) is -2.18. The summed E-state index contributed by atoms with van der Waals surface area (Å²) in [4.78, 5) is 13.7. The normalized spacial score (nSPS) is 11.3. The quantitative estimate of drug-likeness (QED) is 0.646. The number of hydrogen-bond acceptors (Lipinski definition) is 3. The first-order valence-corrected chi connectivity index (χ1v) is 10.0. The molecule has 0 saturated heterocycles. The average molecular weight is 459 g/mol. The smallest absolute Gasteiger partial charge is 0.257 e. The van der Waals surface area contributed by atoms with E-state index in [1.54, 1.807) is 0 Å². The van der Waals surface area contributed by atoms with Crippen LogP contribution in [0, 0.1) is 11.6 Å². The minimum Gasteiger partial charge on any atom is -0.330 e. The summed E-state index contributed by atoms with van der Waals surface area (Å²) < 4.78 is 54.8. The Balaban J connectivity index is 2.43. The molecule has 144 valence electrons. The second-order valence-electron chi connectivity index (χ2n) is 5.56. The van der Waals surface area contributed by atoms with Crippen molar-refractivity contribution in [1.82, 2.24) is 9.62 Å². The third-order valence-corrected chi connectivity index (χ3v) is 5.66. The third-order valence-electron chi connectivity index (χ3n) is 3.75. The van der Waals surface area contributed by atoms with E-state index in [9.17, 15) is 22.0 Å². The summed E-state index contributed by atoms with van der Waals surface area (Å²) >= 11 is 3.23. The summed E-state index contributed by atoms with van der Waals surface area (Å²) in [5.41, 5.74) is -0.206. The SMILES string of the molecule is C=CCN(Cc1cc(Br)ccc1F)C(=O)c1cc(S(=O)(=O)NC)ccc1F. The number of benzene rings is 2. The Morgan fingerprint density at radius 2 is 1.89 bits per heavy atom. The van der Waals surface area contributed by atoms with E-state index in [-0.39, 0.29) is 23.5 Å². The number of carbonyl (C=O) groups is 1. The highest BCUT2D eigenvalue weighted by molar-refractivity contribution is 9.10. The molecule has 0 aliphatic carbocycles. The lowest BCUT2D eigenvalue weighted by Gasteiger charge is -2.22. The molecule has 0 fully saturated rings. The number of carbonyl (C=O) groups excluding carboxylic acids is 1. The molecule has 0 aliphatic rings. The van der Waals surface area contributed by atoms with Gasteiger partial charge in [0.1, 0.15) is 11.6 Å². The van der Waals surface area contributed by atoms with Crippen molar-refractivity contribution in [3.63, 3.8) is 0 Å². The fraction of sp³-hybridized carbons (Fsp3) is 0.167. The van der Waals surface area contributed by atoms with Gasteiger partial charge in [-0.3, -0.25) is 4.79 Å². The zero-order valence-electron chi connectivity index (χ0n) is 14.4. The van der Waals surface area contributed by atoms with Crippen LogP contribution < -0.4 is 4.72 Å². The number of nitrogens with one attached hydrogen (secondary N) is 1. The van der Waals surface area contributed by atoms with E-state index in [0.29, 0.717) is 4.47 Å². The first-order chi connectivity index (χ1) is 12.7. The van der Waals surface area contributed by atoms with Gasteiger partial charge in [0.25, 0.3) is 5.91 Å². The predicted octanol–water partition coefficient (Wildman–Crippen LogP) is 3.46. The summed E-state index contributed by atoms with van der Waals surface area (Å²) in [6.07, 6.45) is 1.42. The van der Waals surface area contributed by atoms with E-state index in [4.69, 9.17) is 0 Å². The molecule has 0 aromatic heterocycles. The molecule has 5 nitrogen and oxygen atoms in total. The standard InChI is InChI=1S/C18H17BrF2N2O3S/c1-3-8-23(11-12-9-13(19)4-6-16(12)20)18(24)15-10-14(5-7-17(15)21)27(25,26)22-2/h3-7,9-10,22H,1,8,11H2,2H3. The number of amides is 1. The predicted molar refractivity (Wildman–Crippen MR) is 102 cm³/mol. The Kier molecular flexibility index (Phi) is 6.85. The van der Waals surface area contributed by atoms with Gasteiger partial charge in [-0.05, 0) is 43.4 Å². The van der Waals surface area contributed by atoms with Crippen molar-refractivity contribution >= 4 is 31.9 Å². The minimum atomic E-state index is -3.85. The van der Waals surface area contributed by atoms with Crippen LogP contribution in [0.2, 0.25) is 0 Å². The van der Waals surface area contributed by atoms with E-state index in [2.05, 4.69) is 27.2 Å². The topological polar surface area (TPSA) is 66.5 Å². The van der Waals surface area contributed by atoms with Gasteiger partial charge in [0.05, 0.1) is 10.5 Å². The number of hydrogen-bond donors (Lipinski definition) is 1. The molecule has 0 bridgehead atoms. The molecule has 0 radical (unpaired) electrons. The lowest BCUT2D eigenvalue weighted by molar-refractivity contribution is 0.0756. The first-order valence-electron chi connectivity index (χ1n) is 7.76. The van der Waals surface area contributed by atoms with Gasteiger partial charge in [0, 0.05) is 23.1 Å². The first kappa shape index (κ1) is 21.2. The summed E-state index contributed by atoms with van der Waals surface area (Å²) in [6, 6.07) is 7.20. The zero-order chi connectivity index (χ0) is 20.2. The highest BCUT2D eigenvalue weighted by Gasteiger charge is 2.23. The van der Waals surface area contributed by atoms with E-state index in [0.717, 1.165) is 18.2 Å². The molecule has 2 rings (SSSR count). The van der Waals surface area contributed by atoms with Gasteiger partial charge in [0.2, 0.25) is 10.0 Å². The third kappa shape index (κ3) is 5.00. The van der Waals surface area contributed by atoms with Crippen LogP contribution in [0.15, 0.2) is 58.4 Å². The maximum Gasteiger partial charge on any atom is 0.257 e. The van der Waals surface area contributed by atoms with Crippen LogP contribution in [0.4, 0.5) is 8.78 Å². The molecule has 0 aliphatic heterocycles. The fourth-order valence-corrected chi connectivity index (χ4v) is 3.53. The molecule has 0 spiro atoms. The van der Waals surface area contributed by atoms with Gasteiger partial charge in [-0.2, -0.15) is 0 Å². The second-order valence-corrected chi connectivity index (χ2v) is 8.36. The monoisotopic (exact) mass is 458 g/mol. The van der Waals surface area contributed by atoms with Crippen LogP contribution in [0.5, 0.6) is 0 Å². The number of rotatable bonds is 7.